The molecule has 110 valence electrons. The van der Waals surface area contributed by atoms with Crippen molar-refractivity contribution in [2.45, 2.75) is 32.5 Å². The minimum Gasteiger partial charge on any atom is -0.487 e. The summed E-state index contributed by atoms with van der Waals surface area (Å²) in [6, 6.07) is 5.43. The van der Waals surface area contributed by atoms with Crippen molar-refractivity contribution in [2.75, 3.05) is 0 Å². The lowest BCUT2D eigenvalue weighted by Gasteiger charge is -2.07. The van der Waals surface area contributed by atoms with Crippen LogP contribution in [0.3, 0.4) is 0 Å². The van der Waals surface area contributed by atoms with Crippen molar-refractivity contribution in [3.63, 3.8) is 0 Å². The van der Waals surface area contributed by atoms with Gasteiger partial charge < -0.3 is 14.6 Å². The number of hydrogen-bond donors (Lipinski definition) is 1. The molecular formula is C15H15NO4S. The molecule has 1 aliphatic rings. The van der Waals surface area contributed by atoms with Gasteiger partial charge >= 0.3 is 5.97 Å². The van der Waals surface area contributed by atoms with E-state index in [4.69, 9.17) is 14.6 Å². The standard InChI is InChI=1S/C15H15NO4S/c1-2-14-16-10(8-21-14)7-19-11-4-3-9-5-13(15(17)18)20-12(9)6-11/h3-4,6,8,13H,2,5,7H2,1H3,(H,17,18). The number of carbonyl (C=O) groups is 1. The monoisotopic (exact) mass is 305 g/mol. The zero-order valence-corrected chi connectivity index (χ0v) is 12.4. The first kappa shape index (κ1) is 13.9. The predicted molar refractivity (Wildman–Crippen MR) is 78.0 cm³/mol. The number of carboxylic acid groups (broad SMARTS) is 1. The van der Waals surface area contributed by atoms with Crippen LogP contribution >= 0.6 is 11.3 Å². The van der Waals surface area contributed by atoms with Gasteiger partial charge in [-0.25, -0.2) is 9.78 Å². The summed E-state index contributed by atoms with van der Waals surface area (Å²) in [5.74, 6) is 0.307. The summed E-state index contributed by atoms with van der Waals surface area (Å²) >= 11 is 1.63. The Bertz CT molecular complexity index is 667. The van der Waals surface area contributed by atoms with Gasteiger partial charge in [0.2, 0.25) is 0 Å². The van der Waals surface area contributed by atoms with E-state index in [1.54, 1.807) is 17.4 Å². The van der Waals surface area contributed by atoms with E-state index < -0.39 is 12.1 Å². The van der Waals surface area contributed by atoms with Crippen molar-refractivity contribution >= 4 is 17.3 Å². The van der Waals surface area contributed by atoms with Crippen molar-refractivity contribution in [1.29, 1.82) is 0 Å². The van der Waals surface area contributed by atoms with Gasteiger partial charge in [0.05, 0.1) is 10.7 Å². The molecule has 0 amide bonds. The van der Waals surface area contributed by atoms with Crippen molar-refractivity contribution in [1.82, 2.24) is 4.98 Å². The molecule has 1 atom stereocenters. The summed E-state index contributed by atoms with van der Waals surface area (Å²) in [7, 11) is 0. The van der Waals surface area contributed by atoms with Gasteiger partial charge in [0, 0.05) is 17.9 Å². The molecule has 5 nitrogen and oxygen atoms in total. The number of hydrogen-bond acceptors (Lipinski definition) is 5. The third kappa shape index (κ3) is 3.00. The molecule has 0 fully saturated rings. The summed E-state index contributed by atoms with van der Waals surface area (Å²) in [6.45, 7) is 2.47. The second-order valence-electron chi connectivity index (χ2n) is 4.79. The molecule has 1 aliphatic heterocycles. The minimum atomic E-state index is -0.941. The largest absolute Gasteiger partial charge is 0.487 e. The van der Waals surface area contributed by atoms with E-state index in [0.717, 1.165) is 22.7 Å². The van der Waals surface area contributed by atoms with Gasteiger partial charge in [-0.1, -0.05) is 13.0 Å². The summed E-state index contributed by atoms with van der Waals surface area (Å²) in [5.41, 5.74) is 1.80. The topological polar surface area (TPSA) is 68.7 Å². The van der Waals surface area contributed by atoms with Gasteiger partial charge in [-0.15, -0.1) is 11.3 Å². The molecule has 3 rings (SSSR count). The average Bonchev–Trinajstić information content (AvgIpc) is 3.11. The zero-order valence-electron chi connectivity index (χ0n) is 11.5. The maximum Gasteiger partial charge on any atom is 0.345 e. The Morgan fingerprint density at radius 1 is 1.57 bits per heavy atom. The van der Waals surface area contributed by atoms with Gasteiger partial charge in [-0.2, -0.15) is 0 Å². The van der Waals surface area contributed by atoms with Crippen LogP contribution in [-0.4, -0.2) is 22.2 Å². The molecule has 6 heteroatoms. The number of benzene rings is 1. The summed E-state index contributed by atoms with van der Waals surface area (Å²) in [6.07, 6.45) is 0.533. The van der Waals surface area contributed by atoms with Crippen LogP contribution in [0.2, 0.25) is 0 Å². The van der Waals surface area contributed by atoms with E-state index in [1.807, 2.05) is 17.5 Å². The van der Waals surface area contributed by atoms with Crippen LogP contribution in [0.5, 0.6) is 11.5 Å². The van der Waals surface area contributed by atoms with Gasteiger partial charge in [-0.3, -0.25) is 0 Å². The van der Waals surface area contributed by atoms with Crippen LogP contribution in [0.15, 0.2) is 23.6 Å². The quantitative estimate of drug-likeness (QED) is 0.919. The normalized spacial score (nSPS) is 16.3. The molecule has 0 saturated heterocycles. The first-order valence-electron chi connectivity index (χ1n) is 6.74. The number of aryl methyl sites for hydroxylation is 1. The fraction of sp³-hybridized carbons (Fsp3) is 0.333. The highest BCUT2D eigenvalue weighted by Gasteiger charge is 2.28. The number of carboxylic acids is 1. The number of fused-ring (bicyclic) bond motifs is 1. The van der Waals surface area contributed by atoms with Gasteiger partial charge in [0.25, 0.3) is 0 Å². The molecule has 1 aromatic heterocycles. The molecule has 21 heavy (non-hydrogen) atoms. The van der Waals surface area contributed by atoms with E-state index in [9.17, 15) is 4.79 Å². The summed E-state index contributed by atoms with van der Waals surface area (Å²) in [4.78, 5) is 15.4. The Morgan fingerprint density at radius 3 is 3.14 bits per heavy atom. The molecule has 2 heterocycles. The summed E-state index contributed by atoms with van der Waals surface area (Å²) in [5, 5.41) is 12.1. The Hall–Kier alpha value is -2.08. The van der Waals surface area contributed by atoms with Crippen LogP contribution in [0, 0.1) is 0 Å². The number of rotatable bonds is 5. The second-order valence-corrected chi connectivity index (χ2v) is 5.74. The molecule has 0 aliphatic carbocycles. The number of thiazole rings is 1. The Morgan fingerprint density at radius 2 is 2.43 bits per heavy atom. The van der Waals surface area contributed by atoms with Crippen LogP contribution in [0.4, 0.5) is 0 Å². The lowest BCUT2D eigenvalue weighted by atomic mass is 10.1. The van der Waals surface area contributed by atoms with Gasteiger partial charge in [0.1, 0.15) is 18.1 Å². The molecule has 2 aromatic rings. The third-order valence-corrected chi connectivity index (χ3v) is 4.32. The van der Waals surface area contributed by atoms with Gasteiger partial charge in [0.15, 0.2) is 6.10 Å². The Labute approximate surface area is 126 Å². The highest BCUT2D eigenvalue weighted by atomic mass is 32.1. The molecule has 0 radical (unpaired) electrons. The zero-order chi connectivity index (χ0) is 14.8. The van der Waals surface area contributed by atoms with E-state index in [2.05, 4.69) is 11.9 Å². The highest BCUT2D eigenvalue weighted by molar-refractivity contribution is 7.09. The smallest absolute Gasteiger partial charge is 0.345 e. The lowest BCUT2D eigenvalue weighted by molar-refractivity contribution is -0.144. The van der Waals surface area contributed by atoms with E-state index in [1.165, 1.54) is 0 Å². The molecular weight excluding hydrogens is 290 g/mol. The van der Waals surface area contributed by atoms with Crippen molar-refractivity contribution in [3.8, 4) is 11.5 Å². The van der Waals surface area contributed by atoms with Crippen LogP contribution in [0.25, 0.3) is 0 Å². The fourth-order valence-corrected chi connectivity index (χ4v) is 2.90. The maximum absolute atomic E-state index is 10.9. The Balaban J connectivity index is 1.65. The van der Waals surface area contributed by atoms with Crippen LogP contribution in [0.1, 0.15) is 23.2 Å². The van der Waals surface area contributed by atoms with Gasteiger partial charge in [-0.05, 0) is 18.1 Å². The second kappa shape index (κ2) is 5.73. The number of aliphatic carboxylic acids is 1. The maximum atomic E-state index is 10.9. The average molecular weight is 305 g/mol. The molecule has 0 spiro atoms. The van der Waals surface area contributed by atoms with Crippen molar-refractivity contribution < 1.29 is 19.4 Å². The van der Waals surface area contributed by atoms with E-state index in [-0.39, 0.29) is 0 Å². The highest BCUT2D eigenvalue weighted by Crippen LogP contribution is 2.32. The predicted octanol–water partition coefficient (Wildman–Crippen LogP) is 2.67. The number of ether oxygens (including phenoxy) is 2. The molecule has 1 aromatic carbocycles. The SMILES string of the molecule is CCc1nc(COc2ccc3c(c2)OC(C(=O)O)C3)cs1. The van der Waals surface area contributed by atoms with Crippen molar-refractivity contribution in [3.05, 3.63) is 39.8 Å². The minimum absolute atomic E-state index is 0.400. The lowest BCUT2D eigenvalue weighted by Crippen LogP contribution is -2.24. The van der Waals surface area contributed by atoms with Crippen LogP contribution < -0.4 is 9.47 Å². The number of nitrogens with zero attached hydrogens (tertiary/aromatic N) is 1. The first-order chi connectivity index (χ1) is 10.2. The number of aromatic nitrogens is 1. The fourth-order valence-electron chi connectivity index (χ4n) is 2.17. The molecule has 1 unspecified atom stereocenters. The molecule has 0 bridgehead atoms. The van der Waals surface area contributed by atoms with Crippen LogP contribution in [-0.2, 0) is 24.2 Å². The Kier molecular flexibility index (Phi) is 3.79. The van der Waals surface area contributed by atoms with Crippen molar-refractivity contribution in [2.24, 2.45) is 0 Å². The van der Waals surface area contributed by atoms with E-state index in [0.29, 0.717) is 24.5 Å². The first-order valence-corrected chi connectivity index (χ1v) is 7.62. The summed E-state index contributed by atoms with van der Waals surface area (Å²) < 4.78 is 11.1. The van der Waals surface area contributed by atoms with E-state index >= 15 is 0 Å². The third-order valence-electron chi connectivity index (χ3n) is 3.28. The molecule has 1 N–H and O–H groups in total. The molecule has 0 saturated carbocycles.